The van der Waals surface area contributed by atoms with Crippen molar-refractivity contribution in [1.82, 2.24) is 14.8 Å². The van der Waals surface area contributed by atoms with Gasteiger partial charge in [-0.1, -0.05) is 75.0 Å². The molecule has 0 saturated carbocycles. The fourth-order valence-electron chi connectivity index (χ4n) is 3.07. The lowest BCUT2D eigenvalue weighted by molar-refractivity contribution is -0.113. The Kier molecular flexibility index (Phi) is 7.46. The zero-order chi connectivity index (χ0) is 21.5. The molecule has 0 spiro atoms. The van der Waals surface area contributed by atoms with Gasteiger partial charge in [-0.05, 0) is 35.6 Å². The number of rotatable bonds is 9. The molecular weight excluding hydrogens is 392 g/mol. The van der Waals surface area contributed by atoms with Gasteiger partial charge in [0.15, 0.2) is 11.0 Å². The monoisotopic (exact) mass is 420 g/mol. The van der Waals surface area contributed by atoms with Gasteiger partial charge in [-0.2, -0.15) is 0 Å². The third-order valence-electron chi connectivity index (χ3n) is 4.84. The summed E-state index contributed by atoms with van der Waals surface area (Å²) < 4.78 is 1.99. The molecule has 0 atom stereocenters. The van der Waals surface area contributed by atoms with Crippen molar-refractivity contribution in [2.45, 2.75) is 44.8 Å². The highest BCUT2D eigenvalue weighted by Gasteiger charge is 2.15. The molecule has 0 bridgehead atoms. The van der Waals surface area contributed by atoms with Gasteiger partial charge in [-0.15, -0.1) is 16.8 Å². The highest BCUT2D eigenvalue weighted by atomic mass is 32.2. The van der Waals surface area contributed by atoms with Crippen LogP contribution < -0.4 is 5.32 Å². The summed E-state index contributed by atoms with van der Waals surface area (Å²) in [6.45, 7) is 10.9. The fraction of sp³-hybridized carbons (Fsp3) is 0.292. The number of nitrogens with one attached hydrogen (secondary N) is 1. The molecule has 3 rings (SSSR count). The van der Waals surface area contributed by atoms with E-state index in [0.717, 1.165) is 23.5 Å². The van der Waals surface area contributed by atoms with Crippen LogP contribution in [-0.2, 0) is 17.8 Å². The van der Waals surface area contributed by atoms with Crippen LogP contribution in [0.15, 0.2) is 66.3 Å². The van der Waals surface area contributed by atoms with Crippen molar-refractivity contribution in [3.63, 3.8) is 0 Å². The first-order valence-electron chi connectivity index (χ1n) is 10.2. The summed E-state index contributed by atoms with van der Waals surface area (Å²) in [5.74, 6) is 1.45. The van der Waals surface area contributed by atoms with E-state index in [-0.39, 0.29) is 11.7 Å². The van der Waals surface area contributed by atoms with Gasteiger partial charge in [0.05, 0.1) is 5.75 Å². The lowest BCUT2D eigenvalue weighted by atomic mass is 10.0. The summed E-state index contributed by atoms with van der Waals surface area (Å²) in [6, 6.07) is 16.3. The van der Waals surface area contributed by atoms with Crippen molar-refractivity contribution in [2.75, 3.05) is 11.1 Å². The molecule has 0 aliphatic carbocycles. The number of carbonyl (C=O) groups excluding carboxylic acids is 1. The molecule has 2 aromatic carbocycles. The van der Waals surface area contributed by atoms with Crippen LogP contribution in [0.1, 0.15) is 37.8 Å². The summed E-state index contributed by atoms with van der Waals surface area (Å²) in [5, 5.41) is 12.3. The first kappa shape index (κ1) is 21.8. The Bertz CT molecular complexity index is 991. The summed E-state index contributed by atoms with van der Waals surface area (Å²) in [6.07, 6.45) is 2.79. The minimum Gasteiger partial charge on any atom is -0.325 e. The Hall–Kier alpha value is -2.86. The van der Waals surface area contributed by atoms with Crippen LogP contribution in [0.2, 0.25) is 0 Å². The van der Waals surface area contributed by atoms with Crippen LogP contribution in [0.3, 0.4) is 0 Å². The van der Waals surface area contributed by atoms with Crippen molar-refractivity contribution in [3.05, 3.63) is 72.3 Å². The van der Waals surface area contributed by atoms with Crippen LogP contribution in [0.25, 0.3) is 11.4 Å². The lowest BCUT2D eigenvalue weighted by Crippen LogP contribution is -2.14. The largest absolute Gasteiger partial charge is 0.325 e. The quantitative estimate of drug-likeness (QED) is 0.364. The number of amides is 1. The second-order valence-electron chi connectivity index (χ2n) is 7.37. The SMILES string of the molecule is C=CCn1c(SCC(=O)Nc2ccc(CC)cc2)nnc1-c1ccc(C(C)C)cc1. The van der Waals surface area contributed by atoms with Gasteiger partial charge in [0.25, 0.3) is 0 Å². The summed E-state index contributed by atoms with van der Waals surface area (Å²) in [4.78, 5) is 12.4. The number of nitrogens with zero attached hydrogens (tertiary/aromatic N) is 3. The second kappa shape index (κ2) is 10.3. The molecule has 1 amide bonds. The zero-order valence-corrected chi connectivity index (χ0v) is 18.6. The van der Waals surface area contributed by atoms with E-state index in [2.05, 4.69) is 67.1 Å². The van der Waals surface area contributed by atoms with Crippen LogP contribution >= 0.6 is 11.8 Å². The highest BCUT2D eigenvalue weighted by molar-refractivity contribution is 7.99. The average molecular weight is 421 g/mol. The van der Waals surface area contributed by atoms with E-state index in [4.69, 9.17) is 0 Å². The van der Waals surface area contributed by atoms with Gasteiger partial charge in [0.1, 0.15) is 0 Å². The van der Waals surface area contributed by atoms with Crippen molar-refractivity contribution in [1.29, 1.82) is 0 Å². The van der Waals surface area contributed by atoms with Gasteiger partial charge in [0.2, 0.25) is 5.91 Å². The Labute approximate surface area is 182 Å². The highest BCUT2D eigenvalue weighted by Crippen LogP contribution is 2.26. The first-order valence-corrected chi connectivity index (χ1v) is 11.2. The number of aryl methyl sites for hydroxylation is 1. The second-order valence-corrected chi connectivity index (χ2v) is 8.31. The Morgan fingerprint density at radius 2 is 1.83 bits per heavy atom. The maximum Gasteiger partial charge on any atom is 0.234 e. The number of allylic oxidation sites excluding steroid dienone is 1. The molecule has 0 radical (unpaired) electrons. The van der Waals surface area contributed by atoms with Gasteiger partial charge in [0, 0.05) is 17.8 Å². The zero-order valence-electron chi connectivity index (χ0n) is 17.8. The molecule has 3 aromatic rings. The molecular formula is C24H28N4OS. The molecule has 0 aliphatic rings. The smallest absolute Gasteiger partial charge is 0.234 e. The van der Waals surface area contributed by atoms with Crippen molar-refractivity contribution < 1.29 is 4.79 Å². The number of carbonyl (C=O) groups is 1. The average Bonchev–Trinajstić information content (AvgIpc) is 3.15. The van der Waals surface area contributed by atoms with E-state index in [0.29, 0.717) is 17.6 Å². The Balaban J connectivity index is 1.69. The molecule has 6 heteroatoms. The maximum absolute atomic E-state index is 12.4. The topological polar surface area (TPSA) is 59.8 Å². The molecule has 1 N–H and O–H groups in total. The van der Waals surface area contributed by atoms with Crippen molar-refractivity contribution in [3.8, 4) is 11.4 Å². The number of benzene rings is 2. The number of thioether (sulfide) groups is 1. The fourth-order valence-corrected chi connectivity index (χ4v) is 3.82. The number of hydrogen-bond donors (Lipinski definition) is 1. The Morgan fingerprint density at radius 3 is 2.43 bits per heavy atom. The minimum atomic E-state index is -0.0692. The van der Waals surface area contributed by atoms with Crippen LogP contribution in [0.5, 0.6) is 0 Å². The first-order chi connectivity index (χ1) is 14.5. The van der Waals surface area contributed by atoms with Crippen molar-refractivity contribution in [2.24, 2.45) is 0 Å². The van der Waals surface area contributed by atoms with E-state index in [9.17, 15) is 4.79 Å². The van der Waals surface area contributed by atoms with Gasteiger partial charge < -0.3 is 5.32 Å². The third kappa shape index (κ3) is 5.39. The van der Waals surface area contributed by atoms with Gasteiger partial charge in [-0.25, -0.2) is 0 Å². The molecule has 0 aliphatic heterocycles. The van der Waals surface area contributed by atoms with E-state index < -0.39 is 0 Å². The third-order valence-corrected chi connectivity index (χ3v) is 5.81. The van der Waals surface area contributed by atoms with Crippen LogP contribution in [-0.4, -0.2) is 26.4 Å². The predicted octanol–water partition coefficient (Wildman–Crippen LogP) is 5.55. The van der Waals surface area contributed by atoms with E-state index >= 15 is 0 Å². The van der Waals surface area contributed by atoms with Gasteiger partial charge >= 0.3 is 0 Å². The predicted molar refractivity (Wildman–Crippen MR) is 125 cm³/mol. The number of hydrogen-bond acceptors (Lipinski definition) is 4. The Morgan fingerprint density at radius 1 is 1.13 bits per heavy atom. The number of anilines is 1. The standard InChI is InChI=1S/C24H28N4OS/c1-5-15-28-23(20-11-9-19(10-12-20)17(3)4)26-27-24(28)30-16-22(29)25-21-13-7-18(6-2)8-14-21/h5,7-14,17H,1,6,15-16H2,2-4H3,(H,25,29). The van der Waals surface area contributed by atoms with E-state index in [1.165, 1.54) is 22.9 Å². The van der Waals surface area contributed by atoms with Gasteiger partial charge in [-0.3, -0.25) is 9.36 Å². The molecule has 5 nitrogen and oxygen atoms in total. The van der Waals surface area contributed by atoms with Crippen LogP contribution in [0.4, 0.5) is 5.69 Å². The van der Waals surface area contributed by atoms with E-state index in [1.54, 1.807) is 0 Å². The molecule has 0 saturated heterocycles. The normalized spacial score (nSPS) is 10.9. The lowest BCUT2D eigenvalue weighted by Gasteiger charge is -2.10. The maximum atomic E-state index is 12.4. The molecule has 1 heterocycles. The molecule has 0 fully saturated rings. The van der Waals surface area contributed by atoms with Crippen molar-refractivity contribution >= 4 is 23.4 Å². The van der Waals surface area contributed by atoms with Crippen LogP contribution in [0, 0.1) is 0 Å². The molecule has 0 unspecified atom stereocenters. The molecule has 30 heavy (non-hydrogen) atoms. The molecule has 156 valence electrons. The summed E-state index contributed by atoms with van der Waals surface area (Å²) in [5.41, 5.74) is 4.33. The number of aromatic nitrogens is 3. The minimum absolute atomic E-state index is 0.0692. The van der Waals surface area contributed by atoms with E-state index in [1.807, 2.05) is 34.9 Å². The summed E-state index contributed by atoms with van der Waals surface area (Å²) >= 11 is 1.38. The molecule has 1 aromatic heterocycles. The summed E-state index contributed by atoms with van der Waals surface area (Å²) in [7, 11) is 0.